The van der Waals surface area contributed by atoms with Gasteiger partial charge in [-0.25, -0.2) is 0 Å². The second-order valence-corrected chi connectivity index (χ2v) is 3.60. The molecule has 0 bridgehead atoms. The average molecular weight is 210 g/mol. The molecule has 0 radical (unpaired) electrons. The largest absolute Gasteiger partial charge is 0.472 e. The van der Waals surface area contributed by atoms with Gasteiger partial charge in [-0.15, -0.1) is 0 Å². The first-order valence-corrected chi connectivity index (χ1v) is 5.28. The van der Waals surface area contributed by atoms with Crippen molar-refractivity contribution in [2.24, 2.45) is 5.73 Å². The topological polar surface area (TPSA) is 68.3 Å². The highest BCUT2D eigenvalue weighted by molar-refractivity contribution is 5.81. The Morgan fingerprint density at radius 3 is 3.07 bits per heavy atom. The Morgan fingerprint density at radius 1 is 1.67 bits per heavy atom. The number of unbranched alkanes of at least 4 members (excludes halogenated alkanes) is 1. The predicted molar refractivity (Wildman–Crippen MR) is 58.1 cm³/mol. The number of rotatable bonds is 6. The molecule has 0 aromatic carbocycles. The van der Waals surface area contributed by atoms with E-state index in [9.17, 15) is 4.79 Å². The molecule has 0 aliphatic carbocycles. The molecular weight excluding hydrogens is 192 g/mol. The van der Waals surface area contributed by atoms with Crippen molar-refractivity contribution in [1.82, 2.24) is 5.32 Å². The summed E-state index contributed by atoms with van der Waals surface area (Å²) in [4.78, 5) is 11.5. The molecule has 1 heterocycles. The summed E-state index contributed by atoms with van der Waals surface area (Å²) in [6.07, 6.45) is 5.98. The number of hydrogen-bond acceptors (Lipinski definition) is 3. The quantitative estimate of drug-likeness (QED) is 0.746. The number of nitrogens with one attached hydrogen (secondary N) is 1. The fourth-order valence-electron chi connectivity index (χ4n) is 1.27. The lowest BCUT2D eigenvalue weighted by Gasteiger charge is -2.10. The maximum absolute atomic E-state index is 11.5. The predicted octanol–water partition coefficient (Wildman–Crippen LogP) is 1.41. The zero-order chi connectivity index (χ0) is 11.1. The van der Waals surface area contributed by atoms with Crippen LogP contribution in [0.15, 0.2) is 23.0 Å². The summed E-state index contributed by atoms with van der Waals surface area (Å²) in [6, 6.07) is 1.43. The van der Waals surface area contributed by atoms with Crippen LogP contribution < -0.4 is 11.1 Å². The van der Waals surface area contributed by atoms with Gasteiger partial charge in [0.25, 0.3) is 0 Å². The Balaban J connectivity index is 2.23. The lowest BCUT2D eigenvalue weighted by atomic mass is 10.1. The van der Waals surface area contributed by atoms with Crippen LogP contribution in [0, 0.1) is 0 Å². The van der Waals surface area contributed by atoms with Crippen LogP contribution in [0.25, 0.3) is 0 Å². The number of carbonyl (C=O) groups excluding carboxylic acids is 1. The van der Waals surface area contributed by atoms with Gasteiger partial charge in [0, 0.05) is 12.1 Å². The van der Waals surface area contributed by atoms with Gasteiger partial charge in [0.05, 0.1) is 18.6 Å². The average Bonchev–Trinajstić information content (AvgIpc) is 2.75. The summed E-state index contributed by atoms with van der Waals surface area (Å²) in [5.74, 6) is -0.0929. The van der Waals surface area contributed by atoms with Crippen LogP contribution in [0.5, 0.6) is 0 Å². The molecule has 84 valence electrons. The lowest BCUT2D eigenvalue weighted by Crippen LogP contribution is -2.40. The second kappa shape index (κ2) is 6.24. The van der Waals surface area contributed by atoms with Gasteiger partial charge in [0.2, 0.25) is 5.91 Å². The number of furan rings is 1. The van der Waals surface area contributed by atoms with Gasteiger partial charge in [0.15, 0.2) is 0 Å². The first kappa shape index (κ1) is 11.8. The molecule has 1 atom stereocenters. The number of hydrogen-bond donors (Lipinski definition) is 2. The number of amides is 1. The van der Waals surface area contributed by atoms with Crippen LogP contribution in [-0.4, -0.2) is 11.9 Å². The maximum atomic E-state index is 11.5. The van der Waals surface area contributed by atoms with Gasteiger partial charge in [-0.05, 0) is 12.5 Å². The van der Waals surface area contributed by atoms with Gasteiger partial charge in [-0.2, -0.15) is 0 Å². The van der Waals surface area contributed by atoms with Crippen LogP contribution in [0.3, 0.4) is 0 Å². The Kier molecular flexibility index (Phi) is 4.90. The van der Waals surface area contributed by atoms with E-state index in [1.165, 1.54) is 0 Å². The molecule has 4 heteroatoms. The molecule has 4 nitrogen and oxygen atoms in total. The molecule has 1 amide bonds. The van der Waals surface area contributed by atoms with Crippen molar-refractivity contribution >= 4 is 5.91 Å². The fourth-order valence-corrected chi connectivity index (χ4v) is 1.27. The summed E-state index contributed by atoms with van der Waals surface area (Å²) in [7, 11) is 0. The minimum Gasteiger partial charge on any atom is -0.472 e. The van der Waals surface area contributed by atoms with Crippen LogP contribution in [0.4, 0.5) is 0 Å². The van der Waals surface area contributed by atoms with Crippen LogP contribution in [0.1, 0.15) is 31.7 Å². The zero-order valence-electron chi connectivity index (χ0n) is 9.03. The zero-order valence-corrected chi connectivity index (χ0v) is 9.03. The Labute approximate surface area is 89.8 Å². The van der Waals surface area contributed by atoms with E-state index < -0.39 is 6.04 Å². The van der Waals surface area contributed by atoms with E-state index in [1.807, 2.05) is 6.07 Å². The summed E-state index contributed by atoms with van der Waals surface area (Å²) >= 11 is 0. The third kappa shape index (κ3) is 4.16. The standard InChI is InChI=1S/C11H18N2O2/c1-2-3-4-10(12)11(14)13-7-9-5-6-15-8-9/h5-6,8,10H,2-4,7,12H2,1H3,(H,13,14). The normalized spacial score (nSPS) is 12.4. The molecule has 1 unspecified atom stereocenters. The maximum Gasteiger partial charge on any atom is 0.237 e. The highest BCUT2D eigenvalue weighted by atomic mass is 16.3. The minimum absolute atomic E-state index is 0.0929. The van der Waals surface area contributed by atoms with E-state index in [0.717, 1.165) is 24.8 Å². The highest BCUT2D eigenvalue weighted by Crippen LogP contribution is 2.01. The molecule has 1 aromatic heterocycles. The van der Waals surface area contributed by atoms with E-state index >= 15 is 0 Å². The molecule has 15 heavy (non-hydrogen) atoms. The summed E-state index contributed by atoms with van der Waals surface area (Å²) in [5.41, 5.74) is 6.66. The van der Waals surface area contributed by atoms with Crippen molar-refractivity contribution in [2.75, 3.05) is 0 Å². The summed E-state index contributed by atoms with van der Waals surface area (Å²) in [5, 5.41) is 2.77. The SMILES string of the molecule is CCCCC(N)C(=O)NCc1ccoc1. The van der Waals surface area contributed by atoms with Crippen molar-refractivity contribution in [3.05, 3.63) is 24.2 Å². The number of nitrogens with two attached hydrogens (primary N) is 1. The molecule has 0 aliphatic rings. The Bertz CT molecular complexity index is 283. The van der Waals surface area contributed by atoms with Crippen molar-refractivity contribution in [1.29, 1.82) is 0 Å². The third-order valence-corrected chi connectivity index (χ3v) is 2.25. The van der Waals surface area contributed by atoms with Crippen molar-refractivity contribution in [3.63, 3.8) is 0 Å². The molecule has 1 rings (SSSR count). The van der Waals surface area contributed by atoms with E-state index in [1.54, 1.807) is 12.5 Å². The molecular formula is C11H18N2O2. The van der Waals surface area contributed by atoms with Crippen LogP contribution in [-0.2, 0) is 11.3 Å². The number of carbonyl (C=O) groups is 1. The Hall–Kier alpha value is -1.29. The molecule has 0 saturated carbocycles. The molecule has 3 N–H and O–H groups in total. The van der Waals surface area contributed by atoms with E-state index in [2.05, 4.69) is 12.2 Å². The third-order valence-electron chi connectivity index (χ3n) is 2.25. The van der Waals surface area contributed by atoms with Crippen LogP contribution in [0.2, 0.25) is 0 Å². The lowest BCUT2D eigenvalue weighted by molar-refractivity contribution is -0.122. The highest BCUT2D eigenvalue weighted by Gasteiger charge is 2.11. The van der Waals surface area contributed by atoms with Gasteiger partial charge in [0.1, 0.15) is 0 Å². The van der Waals surface area contributed by atoms with Gasteiger partial charge < -0.3 is 15.5 Å². The van der Waals surface area contributed by atoms with Gasteiger partial charge in [-0.3, -0.25) is 4.79 Å². The first-order valence-electron chi connectivity index (χ1n) is 5.28. The van der Waals surface area contributed by atoms with Crippen molar-refractivity contribution < 1.29 is 9.21 Å². The molecule has 0 fully saturated rings. The van der Waals surface area contributed by atoms with Crippen LogP contribution >= 0.6 is 0 Å². The molecule has 0 saturated heterocycles. The monoisotopic (exact) mass is 210 g/mol. The molecule has 1 aromatic rings. The van der Waals surface area contributed by atoms with Gasteiger partial charge in [-0.1, -0.05) is 19.8 Å². The van der Waals surface area contributed by atoms with E-state index in [0.29, 0.717) is 6.54 Å². The first-order chi connectivity index (χ1) is 7.24. The molecule has 0 aliphatic heterocycles. The molecule has 0 spiro atoms. The van der Waals surface area contributed by atoms with Crippen molar-refractivity contribution in [3.8, 4) is 0 Å². The van der Waals surface area contributed by atoms with E-state index in [4.69, 9.17) is 10.2 Å². The smallest absolute Gasteiger partial charge is 0.237 e. The Morgan fingerprint density at radius 2 is 2.47 bits per heavy atom. The second-order valence-electron chi connectivity index (χ2n) is 3.60. The fraction of sp³-hybridized carbons (Fsp3) is 0.545. The minimum atomic E-state index is -0.392. The summed E-state index contributed by atoms with van der Waals surface area (Å²) in [6.45, 7) is 2.56. The van der Waals surface area contributed by atoms with Gasteiger partial charge >= 0.3 is 0 Å². The summed E-state index contributed by atoms with van der Waals surface area (Å²) < 4.78 is 4.89. The van der Waals surface area contributed by atoms with E-state index in [-0.39, 0.29) is 5.91 Å². The van der Waals surface area contributed by atoms with Crippen molar-refractivity contribution in [2.45, 2.75) is 38.8 Å².